The number of amides is 2. The lowest BCUT2D eigenvalue weighted by atomic mass is 10.2. The first-order chi connectivity index (χ1) is 17.6. The van der Waals surface area contributed by atoms with Crippen LogP contribution in [-0.4, -0.2) is 64.5 Å². The summed E-state index contributed by atoms with van der Waals surface area (Å²) in [6.07, 6.45) is 1.52. The summed E-state index contributed by atoms with van der Waals surface area (Å²) in [5.74, 6) is 1.80. The number of aromatic nitrogens is 2. The van der Waals surface area contributed by atoms with Crippen molar-refractivity contribution in [3.8, 4) is 5.75 Å². The maximum atomic E-state index is 12.7. The van der Waals surface area contributed by atoms with E-state index >= 15 is 0 Å². The highest BCUT2D eigenvalue weighted by molar-refractivity contribution is 6.05. The second kappa shape index (κ2) is 10.2. The van der Waals surface area contributed by atoms with Crippen LogP contribution in [-0.2, 0) is 13.1 Å². The molecule has 1 aliphatic rings. The molecule has 0 bridgehead atoms. The number of anilines is 1. The maximum Gasteiger partial charge on any atom is 0.289 e. The molecule has 5 rings (SSSR count). The van der Waals surface area contributed by atoms with Crippen LogP contribution in [0.25, 0.3) is 11.0 Å². The van der Waals surface area contributed by atoms with Gasteiger partial charge in [0.05, 0.1) is 31.0 Å². The van der Waals surface area contributed by atoms with Gasteiger partial charge in [-0.05, 0) is 61.5 Å². The third-order valence-corrected chi connectivity index (χ3v) is 6.51. The van der Waals surface area contributed by atoms with E-state index in [1.165, 1.54) is 6.26 Å². The number of carbonyl (C=O) groups excluding carboxylic acids is 2. The van der Waals surface area contributed by atoms with Crippen molar-refractivity contribution >= 4 is 28.5 Å². The molecule has 0 spiro atoms. The molecule has 36 heavy (non-hydrogen) atoms. The standard InChI is InChI=1S/C27H29N5O4/c1-3-32-23-11-8-20(28-26(33)19-6-9-21(35-2)10-7-19)17-22(23)29-25(32)18-30-12-14-31(15-13-30)27(34)24-5-4-16-36-24/h4-11,16-17H,3,12-15,18H2,1-2H3,(H,28,33). The zero-order chi connectivity index (χ0) is 25.1. The molecular formula is C27H29N5O4. The molecule has 3 heterocycles. The van der Waals surface area contributed by atoms with Crippen molar-refractivity contribution in [2.75, 3.05) is 38.6 Å². The number of methoxy groups -OCH3 is 1. The monoisotopic (exact) mass is 487 g/mol. The van der Waals surface area contributed by atoms with Crippen LogP contribution < -0.4 is 10.1 Å². The summed E-state index contributed by atoms with van der Waals surface area (Å²) in [5, 5.41) is 2.96. The quantitative estimate of drug-likeness (QED) is 0.426. The van der Waals surface area contributed by atoms with Crippen molar-refractivity contribution in [1.29, 1.82) is 0 Å². The zero-order valence-electron chi connectivity index (χ0n) is 20.4. The van der Waals surface area contributed by atoms with E-state index in [2.05, 4.69) is 21.7 Å². The third kappa shape index (κ3) is 4.83. The average Bonchev–Trinajstić information content (AvgIpc) is 3.56. The number of hydrogen-bond acceptors (Lipinski definition) is 6. The number of nitrogens with zero attached hydrogens (tertiary/aromatic N) is 4. The third-order valence-electron chi connectivity index (χ3n) is 6.51. The molecule has 2 aromatic carbocycles. The van der Waals surface area contributed by atoms with Gasteiger partial charge >= 0.3 is 0 Å². The predicted octanol–water partition coefficient (Wildman–Crippen LogP) is 3.87. The smallest absolute Gasteiger partial charge is 0.289 e. The van der Waals surface area contributed by atoms with Gasteiger partial charge in [0.15, 0.2) is 5.76 Å². The Bertz CT molecular complexity index is 1350. The van der Waals surface area contributed by atoms with Gasteiger partial charge in [-0.3, -0.25) is 14.5 Å². The lowest BCUT2D eigenvalue weighted by Crippen LogP contribution is -2.48. The number of hydrogen-bond donors (Lipinski definition) is 1. The molecule has 1 saturated heterocycles. The minimum Gasteiger partial charge on any atom is -0.497 e. The van der Waals surface area contributed by atoms with E-state index < -0.39 is 0 Å². The summed E-state index contributed by atoms with van der Waals surface area (Å²) in [6, 6.07) is 16.2. The number of nitrogens with one attached hydrogen (secondary N) is 1. The molecule has 0 aliphatic carbocycles. The molecule has 0 radical (unpaired) electrons. The van der Waals surface area contributed by atoms with Crippen LogP contribution in [0.3, 0.4) is 0 Å². The van der Waals surface area contributed by atoms with Gasteiger partial charge in [-0.1, -0.05) is 0 Å². The van der Waals surface area contributed by atoms with Crippen molar-refractivity contribution in [1.82, 2.24) is 19.4 Å². The Hall–Kier alpha value is -4.11. The van der Waals surface area contributed by atoms with Crippen molar-refractivity contribution < 1.29 is 18.7 Å². The minimum atomic E-state index is -0.186. The summed E-state index contributed by atoms with van der Waals surface area (Å²) < 4.78 is 12.6. The Morgan fingerprint density at radius 2 is 1.83 bits per heavy atom. The Labute approximate surface area is 209 Å². The molecule has 0 saturated carbocycles. The molecule has 1 fully saturated rings. The summed E-state index contributed by atoms with van der Waals surface area (Å²) in [4.78, 5) is 34.2. The Morgan fingerprint density at radius 1 is 1.06 bits per heavy atom. The lowest BCUT2D eigenvalue weighted by molar-refractivity contribution is 0.0593. The van der Waals surface area contributed by atoms with Crippen LogP contribution in [0.15, 0.2) is 65.3 Å². The van der Waals surface area contributed by atoms with E-state index in [9.17, 15) is 9.59 Å². The number of benzene rings is 2. The topological polar surface area (TPSA) is 92.8 Å². The number of piperazine rings is 1. The van der Waals surface area contributed by atoms with Crippen molar-refractivity contribution in [2.45, 2.75) is 20.0 Å². The number of aryl methyl sites for hydroxylation is 1. The number of imidazole rings is 1. The second-order valence-electron chi connectivity index (χ2n) is 8.70. The van der Waals surface area contributed by atoms with Crippen LogP contribution in [0, 0.1) is 0 Å². The first-order valence-corrected chi connectivity index (χ1v) is 12.1. The van der Waals surface area contributed by atoms with E-state index in [1.807, 2.05) is 23.1 Å². The van der Waals surface area contributed by atoms with E-state index in [4.69, 9.17) is 14.1 Å². The van der Waals surface area contributed by atoms with Gasteiger partial charge in [0.2, 0.25) is 0 Å². The number of fused-ring (bicyclic) bond motifs is 1. The highest BCUT2D eigenvalue weighted by Crippen LogP contribution is 2.23. The van der Waals surface area contributed by atoms with Gasteiger partial charge in [-0.2, -0.15) is 0 Å². The molecule has 186 valence electrons. The van der Waals surface area contributed by atoms with E-state index in [0.717, 1.165) is 36.5 Å². The van der Waals surface area contributed by atoms with Gasteiger partial charge in [0.25, 0.3) is 11.8 Å². The summed E-state index contributed by atoms with van der Waals surface area (Å²) in [7, 11) is 1.59. The molecular weight excluding hydrogens is 458 g/mol. The second-order valence-corrected chi connectivity index (χ2v) is 8.70. The number of carbonyl (C=O) groups is 2. The van der Waals surface area contributed by atoms with Crippen LogP contribution in [0.5, 0.6) is 5.75 Å². The number of furan rings is 1. The molecule has 2 amide bonds. The summed E-state index contributed by atoms with van der Waals surface area (Å²) in [5.41, 5.74) is 3.12. The molecule has 9 nitrogen and oxygen atoms in total. The number of rotatable bonds is 7. The van der Waals surface area contributed by atoms with Gasteiger partial charge in [0, 0.05) is 44.0 Å². The average molecular weight is 488 g/mol. The molecule has 0 unspecified atom stereocenters. The SMILES string of the molecule is CCn1c(CN2CCN(C(=O)c3ccco3)CC2)nc2cc(NC(=O)c3ccc(OC)cc3)ccc21. The molecule has 4 aromatic rings. The predicted molar refractivity (Wildman–Crippen MR) is 136 cm³/mol. The zero-order valence-corrected chi connectivity index (χ0v) is 20.4. The van der Waals surface area contributed by atoms with Crippen LogP contribution >= 0.6 is 0 Å². The minimum absolute atomic E-state index is 0.0651. The number of ether oxygens (including phenoxy) is 1. The Kier molecular flexibility index (Phi) is 6.73. The fourth-order valence-electron chi connectivity index (χ4n) is 4.54. The molecule has 2 aromatic heterocycles. The highest BCUT2D eigenvalue weighted by Gasteiger charge is 2.25. The fourth-order valence-corrected chi connectivity index (χ4v) is 4.54. The van der Waals surface area contributed by atoms with Crippen molar-refractivity contribution in [3.05, 3.63) is 78.0 Å². The molecule has 1 N–H and O–H groups in total. The highest BCUT2D eigenvalue weighted by atomic mass is 16.5. The molecule has 0 atom stereocenters. The van der Waals surface area contributed by atoms with Gasteiger partial charge < -0.3 is 23.9 Å². The fraction of sp³-hybridized carbons (Fsp3) is 0.296. The summed E-state index contributed by atoms with van der Waals surface area (Å²) >= 11 is 0. The molecule has 9 heteroatoms. The van der Waals surface area contributed by atoms with Crippen LogP contribution in [0.4, 0.5) is 5.69 Å². The first-order valence-electron chi connectivity index (χ1n) is 12.1. The lowest BCUT2D eigenvalue weighted by Gasteiger charge is -2.34. The van der Waals surface area contributed by atoms with Gasteiger partial charge in [-0.15, -0.1) is 0 Å². The van der Waals surface area contributed by atoms with Gasteiger partial charge in [-0.25, -0.2) is 4.98 Å². The van der Waals surface area contributed by atoms with E-state index in [1.54, 1.807) is 43.5 Å². The Morgan fingerprint density at radius 3 is 2.50 bits per heavy atom. The maximum absolute atomic E-state index is 12.7. The van der Waals surface area contributed by atoms with E-state index in [-0.39, 0.29) is 11.8 Å². The van der Waals surface area contributed by atoms with E-state index in [0.29, 0.717) is 42.4 Å². The first kappa shape index (κ1) is 23.6. The molecule has 1 aliphatic heterocycles. The summed E-state index contributed by atoms with van der Waals surface area (Å²) in [6.45, 7) is 6.41. The largest absolute Gasteiger partial charge is 0.497 e. The van der Waals surface area contributed by atoms with Crippen LogP contribution in [0.2, 0.25) is 0 Å². The van der Waals surface area contributed by atoms with Gasteiger partial charge in [0.1, 0.15) is 11.6 Å². The van der Waals surface area contributed by atoms with Crippen molar-refractivity contribution in [3.63, 3.8) is 0 Å². The van der Waals surface area contributed by atoms with Crippen LogP contribution in [0.1, 0.15) is 33.7 Å². The normalized spacial score (nSPS) is 14.2. The van der Waals surface area contributed by atoms with Crippen molar-refractivity contribution in [2.24, 2.45) is 0 Å². The Balaban J connectivity index is 1.26.